The van der Waals surface area contributed by atoms with Crippen LogP contribution in [-0.2, 0) is 20.0 Å². The molecule has 4 aromatic carbocycles. The second-order valence-corrected chi connectivity index (χ2v) is 12.0. The van der Waals surface area contributed by atoms with Gasteiger partial charge in [0.25, 0.3) is 20.0 Å². The predicted octanol–water partition coefficient (Wildman–Crippen LogP) is 5.97. The number of rotatable bonds is 6. The summed E-state index contributed by atoms with van der Waals surface area (Å²) in [6.45, 7) is 0. The third-order valence-electron chi connectivity index (χ3n) is 4.55. The molecule has 0 saturated heterocycles. The lowest BCUT2D eigenvalue weighted by Gasteiger charge is -2.14. The number of nitrogens with one attached hydrogen (secondary N) is 2. The Hall–Kier alpha value is -2.40. The topological polar surface area (TPSA) is 92.3 Å². The standard InChI is InChI=1S/C22H16Br2N2O4S2/c23-16-6-3-8-18(12-16)25-31(27,28)20-11-15-5-1-2-10-21(15)22(14-20)32(29,30)26-19-9-4-7-17(24)13-19/h1-14,25-26H. The van der Waals surface area contributed by atoms with Crippen LogP contribution < -0.4 is 9.44 Å². The summed E-state index contributed by atoms with van der Waals surface area (Å²) in [6, 6.07) is 22.7. The molecule has 2 N–H and O–H groups in total. The molecular formula is C22H16Br2N2O4S2. The number of hydrogen-bond acceptors (Lipinski definition) is 4. The molecule has 0 aliphatic heterocycles. The van der Waals surface area contributed by atoms with Crippen LogP contribution in [-0.4, -0.2) is 16.8 Å². The van der Waals surface area contributed by atoms with Gasteiger partial charge in [0, 0.05) is 25.7 Å². The van der Waals surface area contributed by atoms with Crippen LogP contribution in [0.4, 0.5) is 11.4 Å². The molecule has 0 fully saturated rings. The fraction of sp³-hybridized carbons (Fsp3) is 0. The van der Waals surface area contributed by atoms with Gasteiger partial charge in [-0.1, -0.05) is 68.3 Å². The van der Waals surface area contributed by atoms with Gasteiger partial charge >= 0.3 is 0 Å². The lowest BCUT2D eigenvalue weighted by atomic mass is 10.1. The van der Waals surface area contributed by atoms with Crippen molar-refractivity contribution in [2.24, 2.45) is 0 Å². The summed E-state index contributed by atoms with van der Waals surface area (Å²) < 4.78 is 59.1. The van der Waals surface area contributed by atoms with Crippen molar-refractivity contribution in [2.75, 3.05) is 9.44 Å². The molecule has 0 radical (unpaired) electrons. The van der Waals surface area contributed by atoms with Crippen molar-refractivity contribution in [1.82, 2.24) is 0 Å². The second-order valence-electron chi connectivity index (χ2n) is 6.87. The van der Waals surface area contributed by atoms with Gasteiger partial charge in [-0.15, -0.1) is 0 Å². The van der Waals surface area contributed by atoms with Crippen molar-refractivity contribution >= 4 is 74.1 Å². The van der Waals surface area contributed by atoms with Crippen molar-refractivity contribution in [2.45, 2.75) is 9.79 Å². The quantitative estimate of drug-likeness (QED) is 0.287. The zero-order valence-corrected chi connectivity index (χ0v) is 21.1. The van der Waals surface area contributed by atoms with Gasteiger partial charge in [0.2, 0.25) is 0 Å². The van der Waals surface area contributed by atoms with E-state index in [4.69, 9.17) is 0 Å². The first-order chi connectivity index (χ1) is 15.1. The minimum atomic E-state index is -4.09. The lowest BCUT2D eigenvalue weighted by molar-refractivity contribution is 0.600. The number of halogens is 2. The van der Waals surface area contributed by atoms with E-state index in [1.807, 2.05) is 0 Å². The highest BCUT2D eigenvalue weighted by molar-refractivity contribution is 9.10. The lowest BCUT2D eigenvalue weighted by Crippen LogP contribution is -2.17. The number of fused-ring (bicyclic) bond motifs is 1. The largest absolute Gasteiger partial charge is 0.280 e. The fourth-order valence-corrected chi connectivity index (χ4v) is 6.44. The summed E-state index contributed by atoms with van der Waals surface area (Å²) in [5.41, 5.74) is 0.702. The van der Waals surface area contributed by atoms with Crippen LogP contribution in [0.5, 0.6) is 0 Å². The van der Waals surface area contributed by atoms with Gasteiger partial charge in [0.15, 0.2) is 0 Å². The molecule has 4 aromatic rings. The van der Waals surface area contributed by atoms with Crippen LogP contribution in [0, 0.1) is 0 Å². The average molecular weight is 596 g/mol. The van der Waals surface area contributed by atoms with E-state index < -0.39 is 20.0 Å². The Morgan fingerprint density at radius 2 is 1.16 bits per heavy atom. The van der Waals surface area contributed by atoms with Gasteiger partial charge in [0.1, 0.15) is 0 Å². The van der Waals surface area contributed by atoms with E-state index in [9.17, 15) is 16.8 Å². The predicted molar refractivity (Wildman–Crippen MR) is 134 cm³/mol. The van der Waals surface area contributed by atoms with E-state index in [0.29, 0.717) is 31.1 Å². The summed E-state index contributed by atoms with van der Waals surface area (Å²) >= 11 is 6.62. The van der Waals surface area contributed by atoms with Crippen molar-refractivity contribution in [1.29, 1.82) is 0 Å². The first kappa shape index (κ1) is 22.8. The molecule has 0 atom stereocenters. The van der Waals surface area contributed by atoms with Crippen molar-refractivity contribution in [3.05, 3.63) is 93.9 Å². The summed E-state index contributed by atoms with van der Waals surface area (Å²) in [5.74, 6) is 0. The summed E-state index contributed by atoms with van der Waals surface area (Å²) in [7, 11) is -8.14. The third kappa shape index (κ3) is 4.98. The monoisotopic (exact) mass is 594 g/mol. The number of hydrogen-bond donors (Lipinski definition) is 2. The van der Waals surface area contributed by atoms with Crippen LogP contribution in [0.3, 0.4) is 0 Å². The normalized spacial score (nSPS) is 11.9. The zero-order valence-electron chi connectivity index (χ0n) is 16.3. The van der Waals surface area contributed by atoms with Crippen LogP contribution >= 0.6 is 31.9 Å². The maximum Gasteiger partial charge on any atom is 0.262 e. The van der Waals surface area contributed by atoms with Gasteiger partial charge in [0.05, 0.1) is 9.79 Å². The third-order valence-corrected chi connectivity index (χ3v) is 8.32. The Morgan fingerprint density at radius 3 is 1.75 bits per heavy atom. The van der Waals surface area contributed by atoms with Crippen LogP contribution in [0.15, 0.2) is 104 Å². The maximum atomic E-state index is 13.3. The van der Waals surface area contributed by atoms with E-state index in [2.05, 4.69) is 41.3 Å². The minimum Gasteiger partial charge on any atom is -0.280 e. The van der Waals surface area contributed by atoms with Crippen LogP contribution in [0.25, 0.3) is 10.8 Å². The Kier molecular flexibility index (Phi) is 6.30. The molecule has 4 rings (SSSR count). The average Bonchev–Trinajstić information content (AvgIpc) is 2.72. The molecule has 6 nitrogen and oxygen atoms in total. The first-order valence-electron chi connectivity index (χ1n) is 9.24. The molecule has 0 heterocycles. The molecule has 164 valence electrons. The highest BCUT2D eigenvalue weighted by Crippen LogP contribution is 2.30. The van der Waals surface area contributed by atoms with Crippen molar-refractivity contribution in [3.8, 4) is 0 Å². The molecule has 10 heteroatoms. The summed E-state index contributed by atoms with van der Waals surface area (Å²) in [5, 5.41) is 0.899. The molecule has 0 saturated carbocycles. The molecule has 0 bridgehead atoms. The maximum absolute atomic E-state index is 13.3. The minimum absolute atomic E-state index is 0.134. The Labute approximate surface area is 203 Å². The molecule has 0 aromatic heterocycles. The summed E-state index contributed by atoms with van der Waals surface area (Å²) in [4.78, 5) is -0.295. The first-order valence-corrected chi connectivity index (χ1v) is 13.8. The molecule has 0 unspecified atom stereocenters. The van der Waals surface area contributed by atoms with Gasteiger partial charge in [-0.2, -0.15) is 0 Å². The van der Waals surface area contributed by atoms with Crippen molar-refractivity contribution in [3.63, 3.8) is 0 Å². The van der Waals surface area contributed by atoms with Crippen molar-refractivity contribution < 1.29 is 16.8 Å². The smallest absolute Gasteiger partial charge is 0.262 e. The zero-order chi connectivity index (χ0) is 22.9. The Bertz CT molecular complexity index is 1540. The van der Waals surface area contributed by atoms with Gasteiger partial charge in [-0.25, -0.2) is 16.8 Å². The molecule has 0 amide bonds. The fourth-order valence-electron chi connectivity index (χ4n) is 3.15. The number of anilines is 2. The van der Waals surface area contributed by atoms with Crippen LogP contribution in [0.1, 0.15) is 0 Å². The van der Waals surface area contributed by atoms with E-state index >= 15 is 0 Å². The molecule has 0 aliphatic rings. The Morgan fingerprint density at radius 1 is 0.594 bits per heavy atom. The molecule has 32 heavy (non-hydrogen) atoms. The number of sulfonamides is 2. The van der Waals surface area contributed by atoms with E-state index in [1.165, 1.54) is 12.1 Å². The van der Waals surface area contributed by atoms with E-state index in [-0.39, 0.29) is 9.79 Å². The van der Waals surface area contributed by atoms with E-state index in [1.54, 1.807) is 72.8 Å². The van der Waals surface area contributed by atoms with Crippen LogP contribution in [0.2, 0.25) is 0 Å². The number of benzene rings is 4. The summed E-state index contributed by atoms with van der Waals surface area (Å²) in [6.07, 6.45) is 0. The van der Waals surface area contributed by atoms with Gasteiger partial charge in [-0.05, 0) is 53.9 Å². The highest BCUT2D eigenvalue weighted by atomic mass is 79.9. The van der Waals surface area contributed by atoms with Gasteiger partial charge < -0.3 is 0 Å². The SMILES string of the molecule is O=S(=O)(Nc1cccc(Br)c1)c1cc(S(=O)(=O)Nc2cccc(Br)c2)c2ccccc2c1. The molecule has 0 aliphatic carbocycles. The highest BCUT2D eigenvalue weighted by Gasteiger charge is 2.23. The van der Waals surface area contributed by atoms with E-state index in [0.717, 1.165) is 0 Å². The molecule has 0 spiro atoms. The Balaban J connectivity index is 1.83. The molecular weight excluding hydrogens is 580 g/mol. The second kappa shape index (κ2) is 8.86. The van der Waals surface area contributed by atoms with Gasteiger partial charge in [-0.3, -0.25) is 9.44 Å².